The first-order valence-electron chi connectivity index (χ1n) is 18.0. The Morgan fingerprint density at radius 2 is 1.24 bits per heavy atom. The number of hydrogen-bond acceptors (Lipinski definition) is 8. The summed E-state index contributed by atoms with van der Waals surface area (Å²) >= 11 is 0. The van der Waals surface area contributed by atoms with E-state index >= 15 is 0 Å². The quantitative estimate of drug-likeness (QED) is 0.0342. The van der Waals surface area contributed by atoms with Crippen molar-refractivity contribution < 1.29 is 33.3 Å². The van der Waals surface area contributed by atoms with E-state index in [1.54, 1.807) is 0 Å². The van der Waals surface area contributed by atoms with Gasteiger partial charge in [-0.1, -0.05) is 51.0 Å². The maximum absolute atomic E-state index is 12.3. The second-order valence-electron chi connectivity index (χ2n) is 13.3. The Labute approximate surface area is 283 Å². The molecule has 0 saturated carbocycles. The second kappa shape index (κ2) is 29.3. The smallest absolute Gasteiger partial charge is 0.465 e. The van der Waals surface area contributed by atoms with E-state index in [2.05, 4.69) is 79.4 Å². The predicted octanol–water partition coefficient (Wildman–Crippen LogP) is 9.33. The molecule has 0 aromatic carbocycles. The molecule has 3 atom stereocenters. The minimum atomic E-state index is -0.713. The number of carbonyl (C=O) groups is 2. The lowest BCUT2D eigenvalue weighted by Gasteiger charge is -2.21. The summed E-state index contributed by atoms with van der Waals surface area (Å²) in [6.45, 7) is 25.9. The van der Waals surface area contributed by atoms with Gasteiger partial charge in [0.1, 0.15) is 6.61 Å². The summed E-state index contributed by atoms with van der Waals surface area (Å²) in [6.07, 6.45) is 13.5. The van der Waals surface area contributed by atoms with Crippen molar-refractivity contribution in [2.45, 2.75) is 132 Å². The number of hydrogen-bond donors (Lipinski definition) is 0. The summed E-state index contributed by atoms with van der Waals surface area (Å²) in [5, 5.41) is 0. The van der Waals surface area contributed by atoms with E-state index in [0.29, 0.717) is 44.5 Å². The summed E-state index contributed by atoms with van der Waals surface area (Å²) in [5.41, 5.74) is 2.73. The molecule has 0 aromatic rings. The molecule has 0 rings (SSSR count). The molecule has 46 heavy (non-hydrogen) atoms. The molecule has 0 spiro atoms. The molecule has 0 saturated heterocycles. The van der Waals surface area contributed by atoms with Crippen LogP contribution in [0.4, 0.5) is 4.79 Å². The van der Waals surface area contributed by atoms with Crippen molar-refractivity contribution in [2.24, 2.45) is 17.8 Å². The van der Waals surface area contributed by atoms with Crippen molar-refractivity contribution in [1.82, 2.24) is 4.90 Å². The molecule has 0 amide bonds. The highest BCUT2D eigenvalue weighted by atomic mass is 16.7. The number of unbranched alkanes of at least 4 members (excludes halogenated alkanes) is 1. The van der Waals surface area contributed by atoms with Gasteiger partial charge in [0, 0.05) is 32.1 Å². The molecule has 0 aliphatic carbocycles. The average Bonchev–Trinajstić information content (AvgIpc) is 3.00. The van der Waals surface area contributed by atoms with E-state index in [1.165, 1.54) is 11.1 Å². The van der Waals surface area contributed by atoms with Crippen molar-refractivity contribution in [1.29, 1.82) is 0 Å². The fraction of sp³-hybridized carbons (Fsp3) is 0.816. The normalized spacial score (nSPS) is 13.9. The first-order chi connectivity index (χ1) is 22.0. The zero-order valence-electron chi connectivity index (χ0n) is 30.9. The number of carbonyl (C=O) groups excluding carboxylic acids is 2. The van der Waals surface area contributed by atoms with Crippen LogP contribution in [0.1, 0.15) is 126 Å². The molecule has 0 heterocycles. The highest BCUT2D eigenvalue weighted by Crippen LogP contribution is 2.17. The van der Waals surface area contributed by atoms with Crippen LogP contribution in [0.25, 0.3) is 0 Å². The van der Waals surface area contributed by atoms with Crippen LogP contribution in [0.15, 0.2) is 23.3 Å². The number of nitrogens with zero attached hydrogens (tertiary/aromatic N) is 1. The summed E-state index contributed by atoms with van der Waals surface area (Å²) in [4.78, 5) is 26.4. The van der Waals surface area contributed by atoms with Gasteiger partial charge >= 0.3 is 12.1 Å². The molecule has 0 aliphatic rings. The lowest BCUT2D eigenvalue weighted by atomic mass is 10.0. The monoisotopic (exact) mass is 653 g/mol. The SMILES string of the molecule is [CH2]C(COC(=O)CCCCC(OCCC(C)CCC=C(C)C)OCCC(C)CCC=C(C)C)COC(=O)OCCCN(CC)CC. The third kappa shape index (κ3) is 28.3. The molecule has 269 valence electrons. The largest absolute Gasteiger partial charge is 0.508 e. The lowest BCUT2D eigenvalue weighted by molar-refractivity contribution is -0.152. The molecule has 0 bridgehead atoms. The molecule has 3 unspecified atom stereocenters. The maximum atomic E-state index is 12.3. The minimum Gasteiger partial charge on any atom is -0.465 e. The second-order valence-corrected chi connectivity index (χ2v) is 13.3. The third-order valence-electron chi connectivity index (χ3n) is 7.97. The lowest BCUT2D eigenvalue weighted by Crippen LogP contribution is -2.25. The zero-order valence-corrected chi connectivity index (χ0v) is 30.9. The van der Waals surface area contributed by atoms with Gasteiger partial charge in [-0.05, 0) is 124 Å². The summed E-state index contributed by atoms with van der Waals surface area (Å²) < 4.78 is 28.0. The molecule has 0 N–H and O–H groups in total. The Kier molecular flexibility index (Phi) is 28.0. The minimum absolute atomic E-state index is 0.0413. The van der Waals surface area contributed by atoms with Gasteiger partial charge in [0.15, 0.2) is 6.29 Å². The molecular formula is C38H70NO7. The van der Waals surface area contributed by atoms with E-state index < -0.39 is 6.16 Å². The Morgan fingerprint density at radius 3 is 1.76 bits per heavy atom. The van der Waals surface area contributed by atoms with Crippen LogP contribution in [0.2, 0.25) is 0 Å². The van der Waals surface area contributed by atoms with Gasteiger partial charge in [0.05, 0.1) is 13.2 Å². The summed E-state index contributed by atoms with van der Waals surface area (Å²) in [6, 6.07) is 0. The zero-order chi connectivity index (χ0) is 34.6. The molecule has 8 heteroatoms. The molecular weight excluding hydrogens is 582 g/mol. The number of esters is 1. The van der Waals surface area contributed by atoms with Crippen molar-refractivity contribution in [2.75, 3.05) is 52.7 Å². The van der Waals surface area contributed by atoms with Crippen LogP contribution < -0.4 is 0 Å². The van der Waals surface area contributed by atoms with Crippen molar-refractivity contribution in [3.63, 3.8) is 0 Å². The molecule has 0 fully saturated rings. The molecule has 0 aromatic heterocycles. The van der Waals surface area contributed by atoms with Gasteiger partial charge in [-0.15, -0.1) is 0 Å². The van der Waals surface area contributed by atoms with Gasteiger partial charge in [-0.2, -0.15) is 0 Å². The number of rotatable bonds is 29. The number of allylic oxidation sites excluding steroid dienone is 4. The van der Waals surface area contributed by atoms with Gasteiger partial charge in [0.2, 0.25) is 0 Å². The van der Waals surface area contributed by atoms with Gasteiger partial charge in [0.25, 0.3) is 0 Å². The Bertz CT molecular complexity index is 782. The van der Waals surface area contributed by atoms with E-state index in [4.69, 9.17) is 23.7 Å². The predicted molar refractivity (Wildman–Crippen MR) is 189 cm³/mol. The standard InChI is InChI=1S/C38H70NO7/c1-10-39(11-2)25-16-26-44-38(41)46-30-35(9)29-45-36(40)21-12-13-22-37(42-27-23-33(7)19-14-17-31(3)4)43-28-24-34(8)20-15-18-32(5)6/h17-18,33-35,37H,9-16,19-30H2,1-8H3. The van der Waals surface area contributed by atoms with Crippen molar-refractivity contribution in [3.05, 3.63) is 30.2 Å². The Hall–Kier alpha value is -1.90. The van der Waals surface area contributed by atoms with Crippen LogP contribution in [0.3, 0.4) is 0 Å². The van der Waals surface area contributed by atoms with E-state index in [-0.39, 0.29) is 31.4 Å². The van der Waals surface area contributed by atoms with Gasteiger partial charge < -0.3 is 28.6 Å². The third-order valence-corrected chi connectivity index (χ3v) is 7.97. The van der Waals surface area contributed by atoms with E-state index in [9.17, 15) is 9.59 Å². The Balaban J connectivity index is 4.37. The summed E-state index contributed by atoms with van der Waals surface area (Å²) in [7, 11) is 0. The highest BCUT2D eigenvalue weighted by Gasteiger charge is 2.15. The maximum Gasteiger partial charge on any atom is 0.508 e. The van der Waals surface area contributed by atoms with E-state index in [1.807, 2.05) is 0 Å². The summed E-state index contributed by atoms with van der Waals surface area (Å²) in [5.74, 6) is 0.557. The first-order valence-corrected chi connectivity index (χ1v) is 18.0. The van der Waals surface area contributed by atoms with E-state index in [0.717, 1.165) is 77.4 Å². The molecule has 0 aliphatic heterocycles. The van der Waals surface area contributed by atoms with Crippen molar-refractivity contribution in [3.8, 4) is 0 Å². The molecule has 1 radical (unpaired) electrons. The first kappa shape index (κ1) is 44.1. The van der Waals surface area contributed by atoms with Crippen LogP contribution in [0.5, 0.6) is 0 Å². The highest BCUT2D eigenvalue weighted by molar-refractivity contribution is 5.69. The topological polar surface area (TPSA) is 83.5 Å². The van der Waals surface area contributed by atoms with Gasteiger partial charge in [-0.25, -0.2) is 4.79 Å². The Morgan fingerprint density at radius 1 is 0.696 bits per heavy atom. The van der Waals surface area contributed by atoms with Crippen LogP contribution >= 0.6 is 0 Å². The van der Waals surface area contributed by atoms with Crippen LogP contribution in [-0.2, 0) is 28.5 Å². The van der Waals surface area contributed by atoms with Gasteiger partial charge in [-0.3, -0.25) is 4.79 Å². The number of ether oxygens (including phenoxy) is 5. The fourth-order valence-electron chi connectivity index (χ4n) is 4.74. The average molecular weight is 653 g/mol. The van der Waals surface area contributed by atoms with Crippen molar-refractivity contribution >= 4 is 12.1 Å². The molecule has 8 nitrogen and oxygen atoms in total. The fourth-order valence-corrected chi connectivity index (χ4v) is 4.74. The van der Waals surface area contributed by atoms with Crippen LogP contribution in [-0.4, -0.2) is 76.0 Å². The van der Waals surface area contributed by atoms with Crippen LogP contribution in [0, 0.1) is 24.7 Å².